The van der Waals surface area contributed by atoms with Gasteiger partial charge in [0, 0.05) is 12.6 Å². The lowest BCUT2D eigenvalue weighted by molar-refractivity contribution is -0.132. The molecule has 0 radical (unpaired) electrons. The monoisotopic (exact) mass is 253 g/mol. The van der Waals surface area contributed by atoms with Gasteiger partial charge < -0.3 is 5.11 Å². The van der Waals surface area contributed by atoms with E-state index >= 15 is 0 Å². The van der Waals surface area contributed by atoms with Crippen molar-refractivity contribution in [1.82, 2.24) is 9.78 Å². The third-order valence-electron chi connectivity index (χ3n) is 2.23. The van der Waals surface area contributed by atoms with Crippen molar-refractivity contribution < 1.29 is 9.90 Å². The van der Waals surface area contributed by atoms with Crippen molar-refractivity contribution in [2.75, 3.05) is 0 Å². The number of rotatable bonds is 3. The standard InChI is InChI=1S/C11H12ClN3O2/c1-6(2)9-8(10(12)15(3)14-9)4-7(5-13)11(16)17/h4,6H,1-3H3,(H,16,17). The second-order valence-corrected chi connectivity index (χ2v) is 4.20. The van der Waals surface area contributed by atoms with Crippen LogP contribution in [0.3, 0.4) is 0 Å². The normalized spacial score (nSPS) is 11.6. The SMILES string of the molecule is CC(C)c1nn(C)c(Cl)c1C=C(C#N)C(=O)O. The fraction of sp³-hybridized carbons (Fsp3) is 0.364. The number of carboxylic acid groups (broad SMARTS) is 1. The van der Waals surface area contributed by atoms with Crippen molar-refractivity contribution in [3.8, 4) is 6.07 Å². The number of nitriles is 1. The van der Waals surface area contributed by atoms with E-state index in [-0.39, 0.29) is 11.5 Å². The van der Waals surface area contributed by atoms with Crippen LogP contribution in [0.1, 0.15) is 31.0 Å². The van der Waals surface area contributed by atoms with E-state index in [1.165, 1.54) is 10.8 Å². The molecule has 0 unspecified atom stereocenters. The third kappa shape index (κ3) is 2.66. The fourth-order valence-electron chi connectivity index (χ4n) is 1.39. The first-order valence-corrected chi connectivity index (χ1v) is 5.33. The van der Waals surface area contributed by atoms with E-state index in [1.54, 1.807) is 13.1 Å². The number of hydrogen-bond acceptors (Lipinski definition) is 3. The highest BCUT2D eigenvalue weighted by Gasteiger charge is 2.17. The van der Waals surface area contributed by atoms with Gasteiger partial charge in [-0.1, -0.05) is 25.4 Å². The average molecular weight is 254 g/mol. The van der Waals surface area contributed by atoms with Crippen LogP contribution in [0.4, 0.5) is 0 Å². The van der Waals surface area contributed by atoms with Crippen LogP contribution in [0.5, 0.6) is 0 Å². The van der Waals surface area contributed by atoms with Gasteiger partial charge >= 0.3 is 5.97 Å². The largest absolute Gasteiger partial charge is 0.477 e. The summed E-state index contributed by atoms with van der Waals surface area (Å²) in [5, 5.41) is 22.0. The van der Waals surface area contributed by atoms with E-state index in [1.807, 2.05) is 13.8 Å². The summed E-state index contributed by atoms with van der Waals surface area (Å²) in [6.07, 6.45) is 1.26. The maximum atomic E-state index is 10.8. The highest BCUT2D eigenvalue weighted by atomic mass is 35.5. The van der Waals surface area contributed by atoms with Crippen molar-refractivity contribution in [1.29, 1.82) is 5.26 Å². The minimum absolute atomic E-state index is 0.0914. The fourth-order valence-corrected chi connectivity index (χ4v) is 1.57. The number of aromatic nitrogens is 2. The zero-order chi connectivity index (χ0) is 13.2. The van der Waals surface area contributed by atoms with E-state index in [4.69, 9.17) is 22.0 Å². The molecule has 1 aromatic rings. The van der Waals surface area contributed by atoms with Gasteiger partial charge in [0.05, 0.1) is 5.69 Å². The molecule has 1 heterocycles. The van der Waals surface area contributed by atoms with Gasteiger partial charge in [0.1, 0.15) is 16.8 Å². The molecule has 0 fully saturated rings. The predicted molar refractivity (Wildman–Crippen MR) is 63.5 cm³/mol. The lowest BCUT2D eigenvalue weighted by Crippen LogP contribution is -1.98. The zero-order valence-electron chi connectivity index (χ0n) is 9.73. The highest BCUT2D eigenvalue weighted by molar-refractivity contribution is 6.31. The average Bonchev–Trinajstić information content (AvgIpc) is 2.52. The van der Waals surface area contributed by atoms with Crippen LogP contribution >= 0.6 is 11.6 Å². The molecule has 0 saturated heterocycles. The molecule has 0 aliphatic carbocycles. The Morgan fingerprint density at radius 1 is 1.65 bits per heavy atom. The first-order valence-electron chi connectivity index (χ1n) is 4.96. The van der Waals surface area contributed by atoms with Gasteiger partial charge in [-0.2, -0.15) is 10.4 Å². The van der Waals surface area contributed by atoms with Gasteiger partial charge in [0.25, 0.3) is 0 Å². The Labute approximate surface area is 104 Å². The molecule has 90 valence electrons. The Hall–Kier alpha value is -1.80. The van der Waals surface area contributed by atoms with Crippen LogP contribution in [0.25, 0.3) is 6.08 Å². The molecule has 0 spiro atoms. The van der Waals surface area contributed by atoms with Crippen LogP contribution < -0.4 is 0 Å². The molecule has 0 aliphatic heterocycles. The molecule has 17 heavy (non-hydrogen) atoms. The summed E-state index contributed by atoms with van der Waals surface area (Å²) < 4.78 is 1.46. The molecule has 1 aromatic heterocycles. The van der Waals surface area contributed by atoms with Gasteiger partial charge in [-0.05, 0) is 12.0 Å². The van der Waals surface area contributed by atoms with Gasteiger partial charge in [-0.25, -0.2) is 4.79 Å². The molecule has 1 N–H and O–H groups in total. The topological polar surface area (TPSA) is 78.9 Å². The summed E-state index contributed by atoms with van der Waals surface area (Å²) in [6.45, 7) is 3.84. The van der Waals surface area contributed by atoms with Crippen molar-refractivity contribution in [3.63, 3.8) is 0 Å². The van der Waals surface area contributed by atoms with E-state index in [2.05, 4.69) is 5.10 Å². The van der Waals surface area contributed by atoms with Crippen LogP contribution in [0, 0.1) is 11.3 Å². The summed E-state index contributed by atoms with van der Waals surface area (Å²) >= 11 is 6.02. The minimum Gasteiger partial charge on any atom is -0.477 e. The van der Waals surface area contributed by atoms with Crippen molar-refractivity contribution >= 4 is 23.6 Å². The van der Waals surface area contributed by atoms with Crippen molar-refractivity contribution in [2.45, 2.75) is 19.8 Å². The maximum absolute atomic E-state index is 10.8. The number of halogens is 1. The molecular weight excluding hydrogens is 242 g/mol. The summed E-state index contributed by atoms with van der Waals surface area (Å²) in [5.74, 6) is -1.18. The van der Waals surface area contributed by atoms with Gasteiger partial charge in [-0.15, -0.1) is 0 Å². The Kier molecular flexibility index (Phi) is 3.92. The molecule has 1 rings (SSSR count). The Bertz CT molecular complexity index is 524. The summed E-state index contributed by atoms with van der Waals surface area (Å²) in [7, 11) is 1.67. The minimum atomic E-state index is -1.28. The molecule has 6 heteroatoms. The summed E-state index contributed by atoms with van der Waals surface area (Å²) in [6, 6.07) is 1.62. The smallest absolute Gasteiger partial charge is 0.346 e. The number of hydrogen-bond donors (Lipinski definition) is 1. The van der Waals surface area contributed by atoms with Gasteiger partial charge in [0.15, 0.2) is 0 Å². The molecule has 0 aromatic carbocycles. The number of aryl methyl sites for hydroxylation is 1. The molecule has 5 nitrogen and oxygen atoms in total. The second-order valence-electron chi connectivity index (χ2n) is 3.84. The first-order chi connectivity index (χ1) is 7.88. The van der Waals surface area contributed by atoms with Crippen molar-refractivity contribution in [2.24, 2.45) is 7.05 Å². The summed E-state index contributed by atoms with van der Waals surface area (Å²) in [4.78, 5) is 10.8. The molecular formula is C11H12ClN3O2. The lowest BCUT2D eigenvalue weighted by atomic mass is 10.0. The lowest BCUT2D eigenvalue weighted by Gasteiger charge is -2.01. The molecule has 0 bridgehead atoms. The van der Waals surface area contributed by atoms with E-state index < -0.39 is 5.97 Å². The van der Waals surface area contributed by atoms with E-state index in [0.29, 0.717) is 16.4 Å². The van der Waals surface area contributed by atoms with Gasteiger partial charge in [0.2, 0.25) is 0 Å². The second kappa shape index (κ2) is 5.02. The van der Waals surface area contributed by atoms with Crippen LogP contribution in [0.2, 0.25) is 5.15 Å². The third-order valence-corrected chi connectivity index (χ3v) is 2.67. The van der Waals surface area contributed by atoms with Crippen LogP contribution in [-0.2, 0) is 11.8 Å². The number of carbonyl (C=O) groups is 1. The van der Waals surface area contributed by atoms with Crippen LogP contribution in [0.15, 0.2) is 5.57 Å². The molecule has 0 atom stereocenters. The number of nitrogens with zero attached hydrogens (tertiary/aromatic N) is 3. The van der Waals surface area contributed by atoms with Gasteiger partial charge in [-0.3, -0.25) is 4.68 Å². The van der Waals surface area contributed by atoms with E-state index in [9.17, 15) is 4.79 Å². The zero-order valence-corrected chi connectivity index (χ0v) is 10.5. The maximum Gasteiger partial charge on any atom is 0.346 e. The summed E-state index contributed by atoms with van der Waals surface area (Å²) in [5.41, 5.74) is 0.802. The molecule has 0 aliphatic rings. The quantitative estimate of drug-likeness (QED) is 0.661. The Morgan fingerprint density at radius 3 is 2.65 bits per heavy atom. The number of aliphatic carboxylic acids is 1. The van der Waals surface area contributed by atoms with Crippen LogP contribution in [-0.4, -0.2) is 20.9 Å². The van der Waals surface area contributed by atoms with E-state index in [0.717, 1.165) is 0 Å². The molecule has 0 saturated carbocycles. The highest BCUT2D eigenvalue weighted by Crippen LogP contribution is 2.27. The Balaban J connectivity index is 3.41. The predicted octanol–water partition coefficient (Wildman–Crippen LogP) is 2.19. The molecule has 0 amide bonds. The first kappa shape index (κ1) is 13.3. The van der Waals surface area contributed by atoms with Crippen molar-refractivity contribution in [3.05, 3.63) is 22.0 Å². The number of carboxylic acids is 1. The Morgan fingerprint density at radius 2 is 2.24 bits per heavy atom.